The van der Waals surface area contributed by atoms with Gasteiger partial charge in [-0.2, -0.15) is 0 Å². The smallest absolute Gasteiger partial charge is 0.271 e. The molecule has 1 aliphatic heterocycles. The van der Waals surface area contributed by atoms with Gasteiger partial charge in [-0.3, -0.25) is 24.6 Å². The Morgan fingerprint density at radius 3 is 2.09 bits per heavy atom. The number of anilines is 1. The minimum absolute atomic E-state index is 0.0599. The Morgan fingerprint density at radius 2 is 1.38 bits per heavy atom. The van der Waals surface area contributed by atoms with E-state index in [2.05, 4.69) is 16.3 Å². The molecule has 2 heterocycles. The minimum Gasteiger partial charge on any atom is -0.310 e. The van der Waals surface area contributed by atoms with Gasteiger partial charge in [-0.15, -0.1) is 0 Å². The summed E-state index contributed by atoms with van der Waals surface area (Å²) in [7, 11) is 1.62. The molecular weight excluding hydrogens is 426 g/mol. The molecule has 4 aromatic carbocycles. The van der Waals surface area contributed by atoms with Gasteiger partial charge in [0.2, 0.25) is 5.78 Å². The molecule has 0 spiro atoms. The number of H-pyrrole nitrogens is 2. The first-order valence-electron chi connectivity index (χ1n) is 10.9. The van der Waals surface area contributed by atoms with Crippen LogP contribution < -0.4 is 21.0 Å². The van der Waals surface area contributed by atoms with Crippen LogP contribution in [0, 0.1) is 0 Å². The number of fused-ring (bicyclic) bond motifs is 3. The molecule has 6 rings (SSSR count). The van der Waals surface area contributed by atoms with Gasteiger partial charge in [-0.25, -0.2) is 0 Å². The molecule has 1 aliphatic rings. The number of nitrogens with one attached hydrogen (secondary N) is 2. The first kappa shape index (κ1) is 19.9. The predicted molar refractivity (Wildman–Crippen MR) is 133 cm³/mol. The van der Waals surface area contributed by atoms with Gasteiger partial charge in [0.25, 0.3) is 11.5 Å². The summed E-state index contributed by atoms with van der Waals surface area (Å²) in [5, 5.41) is 9.82. The Kier molecular flexibility index (Phi) is 4.35. The molecule has 0 atom stereocenters. The average Bonchev–Trinajstić information content (AvgIpc) is 3.22. The Labute approximate surface area is 193 Å². The Morgan fingerprint density at radius 1 is 0.765 bits per heavy atom. The molecule has 0 radical (unpaired) electrons. The van der Waals surface area contributed by atoms with E-state index in [-0.39, 0.29) is 16.1 Å². The summed E-state index contributed by atoms with van der Waals surface area (Å²) in [5.74, 6) is -0.872. The standard InChI is InChI=1S/C28H19N3O3/c1-31-23-13-7-6-12-20(23)26(32)24(28(31)34)25-22(27(33)30-29-25)15-21-18-10-4-2-8-16(18)14-17-9-3-5-11-19(17)21/h2-15,29H,1H3,(H,30,33). The number of para-hydroxylation sites is 1. The number of rotatable bonds is 1. The predicted octanol–water partition coefficient (Wildman–Crippen LogP) is 2.85. The quantitative estimate of drug-likeness (QED) is 0.389. The molecule has 1 aromatic heterocycles. The number of aromatic nitrogens is 2. The van der Waals surface area contributed by atoms with E-state index in [4.69, 9.17) is 0 Å². The highest BCUT2D eigenvalue weighted by Gasteiger charge is 2.33. The summed E-state index contributed by atoms with van der Waals surface area (Å²) in [6.07, 6.45) is 1.77. The van der Waals surface area contributed by atoms with Crippen LogP contribution in [0.1, 0.15) is 15.9 Å². The van der Waals surface area contributed by atoms with Crippen LogP contribution in [0.2, 0.25) is 0 Å². The van der Waals surface area contributed by atoms with E-state index < -0.39 is 17.2 Å². The van der Waals surface area contributed by atoms with Crippen molar-refractivity contribution in [1.29, 1.82) is 0 Å². The molecular formula is C28H19N3O3. The van der Waals surface area contributed by atoms with Crippen molar-refractivity contribution in [3.05, 3.63) is 111 Å². The second-order valence-corrected chi connectivity index (χ2v) is 8.33. The second-order valence-electron chi connectivity index (χ2n) is 8.33. The van der Waals surface area contributed by atoms with E-state index in [0.29, 0.717) is 11.3 Å². The third kappa shape index (κ3) is 2.85. The lowest BCUT2D eigenvalue weighted by Crippen LogP contribution is -2.44. The maximum absolute atomic E-state index is 13.4. The van der Waals surface area contributed by atoms with Crippen molar-refractivity contribution in [3.8, 4) is 0 Å². The van der Waals surface area contributed by atoms with Crippen molar-refractivity contribution in [2.24, 2.45) is 0 Å². The highest BCUT2D eigenvalue weighted by Crippen LogP contribution is 2.30. The van der Waals surface area contributed by atoms with Crippen molar-refractivity contribution in [2.75, 3.05) is 11.9 Å². The average molecular weight is 445 g/mol. The molecule has 5 aromatic rings. The third-order valence-electron chi connectivity index (χ3n) is 6.42. The van der Waals surface area contributed by atoms with E-state index in [9.17, 15) is 14.4 Å². The van der Waals surface area contributed by atoms with E-state index >= 15 is 0 Å². The van der Waals surface area contributed by atoms with Crippen LogP contribution in [0.15, 0.2) is 83.7 Å². The zero-order valence-corrected chi connectivity index (χ0v) is 18.3. The van der Waals surface area contributed by atoms with Crippen molar-refractivity contribution in [2.45, 2.75) is 0 Å². The molecule has 0 bridgehead atoms. The van der Waals surface area contributed by atoms with E-state index in [1.807, 2.05) is 48.5 Å². The summed E-state index contributed by atoms with van der Waals surface area (Å²) in [4.78, 5) is 41.0. The number of Topliss-reactive ketones (excluding diaryl/α,β-unsaturated/α-hetero) is 1. The van der Waals surface area contributed by atoms with Gasteiger partial charge in [0.15, 0.2) is 0 Å². The van der Waals surface area contributed by atoms with Gasteiger partial charge >= 0.3 is 0 Å². The number of nitrogens with zero attached hydrogens (tertiary/aromatic N) is 1. The highest BCUT2D eigenvalue weighted by atomic mass is 16.2. The number of hydrogen-bond donors (Lipinski definition) is 2. The summed E-state index contributed by atoms with van der Waals surface area (Å²) < 4.78 is 0. The molecule has 6 nitrogen and oxygen atoms in total. The van der Waals surface area contributed by atoms with Crippen LogP contribution in [0.4, 0.5) is 5.69 Å². The minimum atomic E-state index is -0.462. The van der Waals surface area contributed by atoms with E-state index in [0.717, 1.165) is 27.1 Å². The molecule has 6 heteroatoms. The highest BCUT2D eigenvalue weighted by molar-refractivity contribution is 6.51. The summed E-state index contributed by atoms with van der Waals surface area (Å²) in [5.41, 5.74) is 1.36. The van der Waals surface area contributed by atoms with Crippen LogP contribution in [-0.4, -0.2) is 28.9 Å². The van der Waals surface area contributed by atoms with Crippen molar-refractivity contribution < 1.29 is 9.59 Å². The normalized spacial score (nSPS) is 15.9. The number of aromatic amines is 2. The number of ketones is 1. The van der Waals surface area contributed by atoms with Crippen LogP contribution in [0.5, 0.6) is 0 Å². The number of benzene rings is 4. The van der Waals surface area contributed by atoms with E-state index in [1.165, 1.54) is 4.90 Å². The molecule has 0 saturated carbocycles. The zero-order valence-electron chi connectivity index (χ0n) is 18.3. The van der Waals surface area contributed by atoms with Crippen molar-refractivity contribution in [1.82, 2.24) is 10.2 Å². The maximum atomic E-state index is 13.4. The van der Waals surface area contributed by atoms with Gasteiger partial charge in [0.1, 0.15) is 5.57 Å². The molecule has 0 unspecified atom stereocenters. The fourth-order valence-corrected chi connectivity index (χ4v) is 4.74. The van der Waals surface area contributed by atoms with Gasteiger partial charge in [-0.1, -0.05) is 60.7 Å². The Bertz CT molecular complexity index is 1790. The first-order chi connectivity index (χ1) is 16.5. The summed E-state index contributed by atoms with van der Waals surface area (Å²) in [6.45, 7) is 0. The van der Waals surface area contributed by atoms with Crippen LogP contribution in [0.25, 0.3) is 33.2 Å². The Balaban J connectivity index is 1.74. The molecule has 164 valence electrons. The first-order valence-corrected chi connectivity index (χ1v) is 10.9. The Hall–Kier alpha value is -4.71. The number of carbonyl (C=O) groups excluding carboxylic acids is 2. The number of hydrogen-bond acceptors (Lipinski definition) is 3. The molecule has 0 aliphatic carbocycles. The molecule has 34 heavy (non-hydrogen) atoms. The largest absolute Gasteiger partial charge is 0.310 e. The van der Waals surface area contributed by atoms with Gasteiger partial charge < -0.3 is 4.90 Å². The fraction of sp³-hybridized carbons (Fsp3) is 0.0357. The molecule has 2 N–H and O–H groups in total. The zero-order chi connectivity index (χ0) is 23.4. The van der Waals surface area contributed by atoms with Crippen LogP contribution >= 0.6 is 0 Å². The van der Waals surface area contributed by atoms with Crippen molar-refractivity contribution in [3.63, 3.8) is 0 Å². The number of carbonyl (C=O) groups is 2. The van der Waals surface area contributed by atoms with Gasteiger partial charge in [-0.05, 0) is 51.4 Å². The SMILES string of the molecule is CN1C(=O)C(=c2[nH][nH]c(=O)c2=Cc2c3ccccc3cc3ccccc23)C(=O)c2ccccc21. The lowest BCUT2D eigenvalue weighted by molar-refractivity contribution is -0.113. The van der Waals surface area contributed by atoms with E-state index in [1.54, 1.807) is 37.4 Å². The molecule has 0 saturated heterocycles. The maximum Gasteiger partial charge on any atom is 0.271 e. The second kappa shape index (κ2) is 7.42. The lowest BCUT2D eigenvalue weighted by atomic mass is 9.94. The van der Waals surface area contributed by atoms with Crippen molar-refractivity contribution >= 4 is 50.6 Å². The van der Waals surface area contributed by atoms with Crippen LogP contribution in [-0.2, 0) is 4.79 Å². The third-order valence-corrected chi connectivity index (χ3v) is 6.42. The number of amides is 1. The fourth-order valence-electron chi connectivity index (χ4n) is 4.74. The summed E-state index contributed by atoms with van der Waals surface area (Å²) in [6, 6.07) is 25.0. The van der Waals surface area contributed by atoms with Crippen LogP contribution in [0.3, 0.4) is 0 Å². The monoisotopic (exact) mass is 445 g/mol. The van der Waals surface area contributed by atoms with Gasteiger partial charge in [0.05, 0.1) is 16.3 Å². The molecule has 1 amide bonds. The topological polar surface area (TPSA) is 86.0 Å². The summed E-state index contributed by atoms with van der Waals surface area (Å²) >= 11 is 0. The molecule has 0 fully saturated rings. The van der Waals surface area contributed by atoms with Gasteiger partial charge in [0, 0.05) is 12.6 Å². The lowest BCUT2D eigenvalue weighted by Gasteiger charge is -2.25.